The molecule has 0 radical (unpaired) electrons. The van der Waals surface area contributed by atoms with Gasteiger partial charge in [0.15, 0.2) is 0 Å². The normalized spacial score (nSPS) is 10.0. The zero-order chi connectivity index (χ0) is 13.1. The molecule has 0 unspecified atom stereocenters. The molecule has 2 aromatic carbocycles. The Hall–Kier alpha value is -2.69. The minimum absolute atomic E-state index is 0.244. The number of anilines is 4. The number of hydrogen-bond donors (Lipinski definition) is 4. The van der Waals surface area contributed by atoms with Crippen LogP contribution in [0.4, 0.5) is 22.7 Å². The largest absolute Gasteiger partial charge is 0.399 e. The highest BCUT2D eigenvalue weighted by Crippen LogP contribution is 2.21. The fourth-order valence-corrected chi connectivity index (χ4v) is 1.52. The Morgan fingerprint density at radius 3 is 2.11 bits per heavy atom. The molecule has 1 amide bonds. The third kappa shape index (κ3) is 2.52. The van der Waals surface area contributed by atoms with Crippen LogP contribution in [0.5, 0.6) is 0 Å². The van der Waals surface area contributed by atoms with Crippen LogP contribution < -0.4 is 22.5 Å². The average Bonchev–Trinajstić information content (AvgIpc) is 2.33. The summed E-state index contributed by atoms with van der Waals surface area (Å²) >= 11 is 0. The van der Waals surface area contributed by atoms with Gasteiger partial charge in [0.1, 0.15) is 0 Å². The molecule has 0 aromatic heterocycles. The maximum Gasteiger partial charge on any atom is 0.255 e. The first kappa shape index (κ1) is 11.8. The summed E-state index contributed by atoms with van der Waals surface area (Å²) in [5.41, 5.74) is 19.5. The number of carbonyl (C=O) groups is 1. The van der Waals surface area contributed by atoms with E-state index in [0.29, 0.717) is 28.3 Å². The summed E-state index contributed by atoms with van der Waals surface area (Å²) in [4.78, 5) is 11.9. The lowest BCUT2D eigenvalue weighted by Crippen LogP contribution is -2.13. The van der Waals surface area contributed by atoms with Crippen LogP contribution in [0.2, 0.25) is 0 Å². The van der Waals surface area contributed by atoms with Gasteiger partial charge in [-0.3, -0.25) is 4.79 Å². The van der Waals surface area contributed by atoms with Crippen LogP contribution in [-0.4, -0.2) is 5.91 Å². The van der Waals surface area contributed by atoms with Gasteiger partial charge in [0.05, 0.1) is 11.4 Å². The van der Waals surface area contributed by atoms with Crippen molar-refractivity contribution in [3.63, 3.8) is 0 Å². The second kappa shape index (κ2) is 4.67. The highest BCUT2D eigenvalue weighted by molar-refractivity contribution is 6.06. The van der Waals surface area contributed by atoms with Gasteiger partial charge in [0.25, 0.3) is 5.91 Å². The van der Waals surface area contributed by atoms with E-state index in [4.69, 9.17) is 17.2 Å². The van der Waals surface area contributed by atoms with E-state index in [2.05, 4.69) is 5.32 Å². The van der Waals surface area contributed by atoms with Crippen molar-refractivity contribution in [2.45, 2.75) is 0 Å². The van der Waals surface area contributed by atoms with Gasteiger partial charge in [-0.25, -0.2) is 0 Å². The summed E-state index contributed by atoms with van der Waals surface area (Å²) in [7, 11) is 0. The summed E-state index contributed by atoms with van der Waals surface area (Å²) in [6.07, 6.45) is 0. The highest BCUT2D eigenvalue weighted by atomic mass is 16.1. The van der Waals surface area contributed by atoms with E-state index in [1.54, 1.807) is 42.5 Å². The molecule has 0 aliphatic carbocycles. The van der Waals surface area contributed by atoms with Gasteiger partial charge in [-0.05, 0) is 42.5 Å². The molecule has 0 aliphatic rings. The fourth-order valence-electron chi connectivity index (χ4n) is 1.52. The molecule has 0 fully saturated rings. The van der Waals surface area contributed by atoms with Gasteiger partial charge >= 0.3 is 0 Å². The zero-order valence-corrected chi connectivity index (χ0v) is 9.68. The minimum Gasteiger partial charge on any atom is -0.399 e. The predicted octanol–water partition coefficient (Wildman–Crippen LogP) is 1.69. The first-order valence-electron chi connectivity index (χ1n) is 5.38. The lowest BCUT2D eigenvalue weighted by molar-refractivity contribution is 0.102. The minimum atomic E-state index is -0.244. The molecule has 18 heavy (non-hydrogen) atoms. The van der Waals surface area contributed by atoms with E-state index in [1.807, 2.05) is 0 Å². The Bertz CT molecular complexity index is 578. The van der Waals surface area contributed by atoms with E-state index in [-0.39, 0.29) is 5.91 Å². The molecular formula is C13H14N4O. The molecule has 0 heterocycles. The summed E-state index contributed by atoms with van der Waals surface area (Å²) in [6, 6.07) is 11.6. The molecule has 92 valence electrons. The lowest BCUT2D eigenvalue weighted by Gasteiger charge is -2.08. The summed E-state index contributed by atoms with van der Waals surface area (Å²) in [5.74, 6) is -0.244. The molecule has 5 nitrogen and oxygen atoms in total. The molecule has 0 atom stereocenters. The molecule has 7 N–H and O–H groups in total. The molecule has 2 aromatic rings. The molecule has 0 aliphatic heterocycles. The maximum atomic E-state index is 11.9. The fraction of sp³-hybridized carbons (Fsp3) is 0. The number of nitrogen functional groups attached to an aromatic ring is 3. The van der Waals surface area contributed by atoms with Gasteiger partial charge in [-0.1, -0.05) is 0 Å². The Balaban J connectivity index is 2.18. The Labute approximate surface area is 105 Å². The standard InChI is InChI=1S/C13H14N4O/c14-9-3-1-8(2-4-9)13(18)17-12-6-5-10(15)7-11(12)16/h1-7H,14-16H2,(H,17,18). The van der Waals surface area contributed by atoms with Gasteiger partial charge in [0.2, 0.25) is 0 Å². The monoisotopic (exact) mass is 242 g/mol. The van der Waals surface area contributed by atoms with E-state index >= 15 is 0 Å². The van der Waals surface area contributed by atoms with Crippen LogP contribution in [0.1, 0.15) is 10.4 Å². The van der Waals surface area contributed by atoms with Crippen LogP contribution in [0.3, 0.4) is 0 Å². The van der Waals surface area contributed by atoms with Crippen molar-refractivity contribution in [2.75, 3.05) is 22.5 Å². The molecule has 0 saturated heterocycles. The zero-order valence-electron chi connectivity index (χ0n) is 9.68. The molecular weight excluding hydrogens is 228 g/mol. The van der Waals surface area contributed by atoms with Gasteiger partial charge in [-0.15, -0.1) is 0 Å². The lowest BCUT2D eigenvalue weighted by atomic mass is 10.2. The third-order valence-electron chi connectivity index (χ3n) is 2.50. The van der Waals surface area contributed by atoms with E-state index in [0.717, 1.165) is 0 Å². The highest BCUT2D eigenvalue weighted by Gasteiger charge is 2.07. The van der Waals surface area contributed by atoms with Crippen molar-refractivity contribution in [1.82, 2.24) is 0 Å². The number of hydrogen-bond acceptors (Lipinski definition) is 4. The second-order valence-electron chi connectivity index (χ2n) is 3.92. The first-order valence-corrected chi connectivity index (χ1v) is 5.38. The number of nitrogens with one attached hydrogen (secondary N) is 1. The Kier molecular flexibility index (Phi) is 3.05. The van der Waals surface area contributed by atoms with Crippen molar-refractivity contribution < 1.29 is 4.79 Å². The molecule has 0 bridgehead atoms. The topological polar surface area (TPSA) is 107 Å². The van der Waals surface area contributed by atoms with Crippen molar-refractivity contribution in [1.29, 1.82) is 0 Å². The summed E-state index contributed by atoms with van der Waals surface area (Å²) in [6.45, 7) is 0. The smallest absolute Gasteiger partial charge is 0.255 e. The summed E-state index contributed by atoms with van der Waals surface area (Å²) in [5, 5.41) is 2.71. The van der Waals surface area contributed by atoms with Crippen molar-refractivity contribution in [3.8, 4) is 0 Å². The maximum absolute atomic E-state index is 11.9. The van der Waals surface area contributed by atoms with Gasteiger partial charge < -0.3 is 22.5 Å². The van der Waals surface area contributed by atoms with Crippen molar-refractivity contribution in [2.24, 2.45) is 0 Å². The first-order chi connectivity index (χ1) is 8.56. The van der Waals surface area contributed by atoms with Crippen molar-refractivity contribution in [3.05, 3.63) is 48.0 Å². The average molecular weight is 242 g/mol. The van der Waals surface area contributed by atoms with Crippen molar-refractivity contribution >= 4 is 28.7 Å². The van der Waals surface area contributed by atoms with Crippen LogP contribution in [0, 0.1) is 0 Å². The molecule has 5 heteroatoms. The summed E-state index contributed by atoms with van der Waals surface area (Å²) < 4.78 is 0. The quantitative estimate of drug-likeness (QED) is 0.601. The molecule has 0 spiro atoms. The molecule has 0 saturated carbocycles. The Morgan fingerprint density at radius 1 is 0.889 bits per heavy atom. The van der Waals surface area contributed by atoms with E-state index < -0.39 is 0 Å². The van der Waals surface area contributed by atoms with Crippen LogP contribution in [0.25, 0.3) is 0 Å². The van der Waals surface area contributed by atoms with Crippen LogP contribution in [0.15, 0.2) is 42.5 Å². The van der Waals surface area contributed by atoms with E-state index in [9.17, 15) is 4.79 Å². The number of amides is 1. The number of rotatable bonds is 2. The number of carbonyl (C=O) groups excluding carboxylic acids is 1. The van der Waals surface area contributed by atoms with Crippen LogP contribution in [-0.2, 0) is 0 Å². The second-order valence-corrected chi connectivity index (χ2v) is 3.92. The van der Waals surface area contributed by atoms with E-state index in [1.165, 1.54) is 0 Å². The van der Waals surface area contributed by atoms with Crippen LogP contribution >= 0.6 is 0 Å². The number of benzene rings is 2. The number of nitrogens with two attached hydrogens (primary N) is 3. The third-order valence-corrected chi connectivity index (χ3v) is 2.50. The Morgan fingerprint density at radius 2 is 1.50 bits per heavy atom. The van der Waals surface area contributed by atoms with Gasteiger partial charge in [0, 0.05) is 16.9 Å². The molecule has 2 rings (SSSR count). The van der Waals surface area contributed by atoms with Gasteiger partial charge in [-0.2, -0.15) is 0 Å². The SMILES string of the molecule is Nc1ccc(C(=O)Nc2ccc(N)cc2N)cc1. The predicted molar refractivity (Wildman–Crippen MR) is 74.1 cm³/mol.